The van der Waals surface area contributed by atoms with E-state index in [1.54, 1.807) is 13.8 Å². The van der Waals surface area contributed by atoms with Crippen molar-refractivity contribution >= 4 is 0 Å². The summed E-state index contributed by atoms with van der Waals surface area (Å²) < 4.78 is 5.63. The summed E-state index contributed by atoms with van der Waals surface area (Å²) in [5, 5.41) is 50.7. The van der Waals surface area contributed by atoms with Gasteiger partial charge in [-0.05, 0) is 99.5 Å². The second kappa shape index (κ2) is 12.2. The maximum atomic E-state index is 10.7. The highest BCUT2D eigenvalue weighted by molar-refractivity contribution is 5.40. The molecule has 0 aromatic heterocycles. The number of aliphatic hydroxyl groups is 5. The topological polar surface area (TPSA) is 110 Å². The molecule has 5 N–H and O–H groups in total. The summed E-state index contributed by atoms with van der Waals surface area (Å²) in [6, 6.07) is 0. The molecule has 0 aliphatic heterocycles. The van der Waals surface area contributed by atoms with Gasteiger partial charge in [0.05, 0.1) is 17.8 Å². The zero-order valence-electron chi connectivity index (χ0n) is 22.8. The van der Waals surface area contributed by atoms with Gasteiger partial charge in [-0.15, -0.1) is 0 Å². The molecule has 206 valence electrons. The first-order valence-corrected chi connectivity index (χ1v) is 14.0. The van der Waals surface area contributed by atoms with Gasteiger partial charge in [0.1, 0.15) is 12.2 Å². The molecule has 0 bridgehead atoms. The third kappa shape index (κ3) is 6.51. The lowest BCUT2D eigenvalue weighted by Crippen LogP contribution is -2.45. The average molecular weight is 507 g/mol. The van der Waals surface area contributed by atoms with Gasteiger partial charge in [0.2, 0.25) is 0 Å². The SMILES string of the molecule is C=C1C(=CC=C2CCC[C@@]3(C)C2CC[C@@H]3[C@H](C)CC[C@H](O)C(C)(C)O)C[C@@H](O)[C@@H](OCCCO)[C@@H]1O. The molecule has 0 radical (unpaired) electrons. The first-order chi connectivity index (χ1) is 16.9. The molecule has 0 spiro atoms. The van der Waals surface area contributed by atoms with E-state index in [0.717, 1.165) is 24.8 Å². The van der Waals surface area contributed by atoms with E-state index in [9.17, 15) is 20.4 Å². The Balaban J connectivity index is 1.68. The number of ether oxygens (including phenoxy) is 1. The number of fused-ring (bicyclic) bond motifs is 1. The van der Waals surface area contributed by atoms with Crippen LogP contribution in [-0.4, -0.2) is 68.8 Å². The molecule has 3 aliphatic carbocycles. The van der Waals surface area contributed by atoms with Crippen molar-refractivity contribution in [1.29, 1.82) is 0 Å². The van der Waals surface area contributed by atoms with Crippen LogP contribution < -0.4 is 0 Å². The van der Waals surface area contributed by atoms with Crippen molar-refractivity contribution in [2.75, 3.05) is 13.2 Å². The van der Waals surface area contributed by atoms with Crippen LogP contribution in [0.5, 0.6) is 0 Å². The predicted molar refractivity (Wildman–Crippen MR) is 142 cm³/mol. The fourth-order valence-electron chi connectivity index (χ4n) is 7.13. The van der Waals surface area contributed by atoms with Crippen molar-refractivity contribution < 1.29 is 30.3 Å². The van der Waals surface area contributed by atoms with Gasteiger partial charge in [-0.3, -0.25) is 0 Å². The molecular formula is C30H50O6. The molecule has 0 heterocycles. The Morgan fingerprint density at radius 3 is 2.58 bits per heavy atom. The summed E-state index contributed by atoms with van der Waals surface area (Å²) in [6.45, 7) is 12.5. The largest absolute Gasteiger partial charge is 0.396 e. The van der Waals surface area contributed by atoms with E-state index < -0.39 is 30.0 Å². The highest BCUT2D eigenvalue weighted by Crippen LogP contribution is 2.60. The van der Waals surface area contributed by atoms with Crippen LogP contribution in [0.2, 0.25) is 0 Å². The first-order valence-electron chi connectivity index (χ1n) is 14.0. The molecular weight excluding hydrogens is 456 g/mol. The summed E-state index contributed by atoms with van der Waals surface area (Å²) in [4.78, 5) is 0. The first kappa shape index (κ1) is 29.5. The summed E-state index contributed by atoms with van der Waals surface area (Å²) in [5.74, 6) is 1.61. The molecule has 6 nitrogen and oxygen atoms in total. The minimum absolute atomic E-state index is 0.0150. The minimum Gasteiger partial charge on any atom is -0.396 e. The van der Waals surface area contributed by atoms with E-state index in [2.05, 4.69) is 32.6 Å². The van der Waals surface area contributed by atoms with E-state index in [0.29, 0.717) is 49.2 Å². The van der Waals surface area contributed by atoms with Gasteiger partial charge in [0, 0.05) is 19.6 Å². The lowest BCUT2D eigenvalue weighted by molar-refractivity contribution is -0.0968. The van der Waals surface area contributed by atoms with Crippen LogP contribution in [-0.2, 0) is 4.74 Å². The Bertz CT molecular complexity index is 811. The predicted octanol–water partition coefficient (Wildman–Crippen LogP) is 4.05. The van der Waals surface area contributed by atoms with Crippen LogP contribution in [0.1, 0.15) is 85.5 Å². The van der Waals surface area contributed by atoms with Crippen molar-refractivity contribution in [3.63, 3.8) is 0 Å². The molecule has 3 rings (SSSR count). The molecule has 36 heavy (non-hydrogen) atoms. The van der Waals surface area contributed by atoms with E-state index in [1.807, 2.05) is 0 Å². The Labute approximate surface area is 217 Å². The fraction of sp³-hybridized carbons (Fsp3) is 0.800. The fourth-order valence-corrected chi connectivity index (χ4v) is 7.13. The number of hydrogen-bond acceptors (Lipinski definition) is 6. The summed E-state index contributed by atoms with van der Waals surface area (Å²) in [5.41, 5.74) is 2.11. The normalized spacial score (nSPS) is 37.4. The molecule has 0 amide bonds. The zero-order chi connectivity index (χ0) is 26.7. The average Bonchev–Trinajstić information content (AvgIpc) is 3.17. The van der Waals surface area contributed by atoms with Crippen LogP contribution in [0, 0.1) is 23.2 Å². The molecule has 1 unspecified atom stereocenters. The van der Waals surface area contributed by atoms with Gasteiger partial charge in [-0.25, -0.2) is 0 Å². The van der Waals surface area contributed by atoms with E-state index in [1.165, 1.54) is 24.8 Å². The Kier molecular flexibility index (Phi) is 10.0. The lowest BCUT2D eigenvalue weighted by Gasteiger charge is -2.44. The maximum absolute atomic E-state index is 10.7. The van der Waals surface area contributed by atoms with Crippen LogP contribution in [0.15, 0.2) is 35.5 Å². The molecule has 0 saturated heterocycles. The summed E-state index contributed by atoms with van der Waals surface area (Å²) >= 11 is 0. The molecule has 3 aliphatic rings. The van der Waals surface area contributed by atoms with Gasteiger partial charge in [-0.2, -0.15) is 0 Å². The van der Waals surface area contributed by atoms with Crippen molar-refractivity contribution in [2.24, 2.45) is 23.2 Å². The van der Waals surface area contributed by atoms with Gasteiger partial charge in [0.25, 0.3) is 0 Å². The summed E-state index contributed by atoms with van der Waals surface area (Å²) in [7, 11) is 0. The molecule has 8 atom stereocenters. The standard InChI is InChI=1S/C30H50O6/c1-19(9-14-26(33)29(3,4)35)23-12-13-24-21(8-6-15-30(23,24)5)10-11-22-18-25(32)28(27(34)20(22)2)36-17-7-16-31/h10-11,19,23-28,31-35H,2,6-9,12-18H2,1,3-5H3/t19-,23-,24?,25-,26+,27-,28-,30-/m1/s1. The van der Waals surface area contributed by atoms with E-state index in [-0.39, 0.29) is 12.0 Å². The molecule has 0 aromatic carbocycles. The second-order valence-electron chi connectivity index (χ2n) is 12.4. The highest BCUT2D eigenvalue weighted by atomic mass is 16.5. The van der Waals surface area contributed by atoms with Crippen molar-refractivity contribution in [3.05, 3.63) is 35.5 Å². The van der Waals surface area contributed by atoms with Crippen molar-refractivity contribution in [1.82, 2.24) is 0 Å². The number of hydrogen-bond donors (Lipinski definition) is 5. The Morgan fingerprint density at radius 2 is 1.92 bits per heavy atom. The molecule has 3 fully saturated rings. The van der Waals surface area contributed by atoms with Crippen LogP contribution in [0.4, 0.5) is 0 Å². The van der Waals surface area contributed by atoms with Crippen LogP contribution >= 0.6 is 0 Å². The monoisotopic (exact) mass is 506 g/mol. The van der Waals surface area contributed by atoms with Gasteiger partial charge < -0.3 is 30.3 Å². The molecule has 3 saturated carbocycles. The highest BCUT2D eigenvalue weighted by Gasteiger charge is 2.50. The summed E-state index contributed by atoms with van der Waals surface area (Å²) in [6.07, 6.45) is 9.31. The third-order valence-corrected chi connectivity index (χ3v) is 9.44. The maximum Gasteiger partial charge on any atom is 0.114 e. The number of rotatable bonds is 10. The van der Waals surface area contributed by atoms with Crippen LogP contribution in [0.3, 0.4) is 0 Å². The Hall–Kier alpha value is -1.02. The minimum atomic E-state index is -1.06. The van der Waals surface area contributed by atoms with E-state index in [4.69, 9.17) is 9.84 Å². The zero-order valence-corrected chi connectivity index (χ0v) is 22.8. The lowest BCUT2D eigenvalue weighted by atomic mass is 9.60. The van der Waals surface area contributed by atoms with Gasteiger partial charge >= 0.3 is 0 Å². The molecule has 6 heteroatoms. The smallest absolute Gasteiger partial charge is 0.114 e. The van der Waals surface area contributed by atoms with Crippen molar-refractivity contribution in [3.8, 4) is 0 Å². The van der Waals surface area contributed by atoms with Gasteiger partial charge in [0.15, 0.2) is 0 Å². The third-order valence-electron chi connectivity index (χ3n) is 9.44. The quantitative estimate of drug-likeness (QED) is 0.286. The molecule has 0 aromatic rings. The van der Waals surface area contributed by atoms with E-state index >= 15 is 0 Å². The Morgan fingerprint density at radius 1 is 1.19 bits per heavy atom. The van der Waals surface area contributed by atoms with Crippen LogP contribution in [0.25, 0.3) is 0 Å². The second-order valence-corrected chi connectivity index (χ2v) is 12.4. The number of aliphatic hydroxyl groups excluding tert-OH is 4. The number of allylic oxidation sites excluding steroid dienone is 3. The van der Waals surface area contributed by atoms with Gasteiger partial charge in [-0.1, -0.05) is 38.2 Å². The van der Waals surface area contributed by atoms with Crippen molar-refractivity contribution in [2.45, 2.75) is 115 Å².